The average molecular weight is 293 g/mol. The van der Waals surface area contributed by atoms with Crippen LogP contribution in [0, 0.1) is 0 Å². The molecule has 1 aromatic rings. The molecule has 0 spiro atoms. The van der Waals surface area contributed by atoms with E-state index >= 15 is 0 Å². The Morgan fingerprint density at radius 2 is 2.33 bits per heavy atom. The Bertz CT molecular complexity index is 547. The van der Waals surface area contributed by atoms with Crippen molar-refractivity contribution in [3.8, 4) is 5.75 Å². The molecule has 0 aliphatic carbocycles. The van der Waals surface area contributed by atoms with Gasteiger partial charge in [-0.2, -0.15) is 0 Å². The maximum atomic E-state index is 11.5. The van der Waals surface area contributed by atoms with Crippen LogP contribution in [0.5, 0.6) is 5.75 Å². The standard InChI is InChI=1S/C15H19NO5/c1-19-14(18)6-9-5-11-10-4-8(16)2-3-12(10)21-15(11)13(7-17)20-9/h2-4,9,11,13,15,17H,5-7,16H2,1H3/t9-,11+,13-,15-/m0/s1. The number of fused-ring (bicyclic) bond motifs is 3. The quantitative estimate of drug-likeness (QED) is 0.633. The first kappa shape index (κ1) is 14.2. The lowest BCUT2D eigenvalue weighted by Crippen LogP contribution is -2.46. The molecule has 0 amide bonds. The van der Waals surface area contributed by atoms with Crippen LogP contribution in [0.4, 0.5) is 5.69 Å². The zero-order valence-electron chi connectivity index (χ0n) is 11.8. The van der Waals surface area contributed by atoms with Crippen molar-refractivity contribution in [3.05, 3.63) is 23.8 Å². The van der Waals surface area contributed by atoms with E-state index in [1.54, 1.807) is 6.07 Å². The predicted octanol–water partition coefficient (Wildman–Crippen LogP) is 0.826. The second-order valence-corrected chi connectivity index (χ2v) is 5.48. The molecule has 3 rings (SSSR count). The zero-order chi connectivity index (χ0) is 15.0. The summed E-state index contributed by atoms with van der Waals surface area (Å²) in [6, 6.07) is 5.53. The molecule has 4 atom stereocenters. The number of benzene rings is 1. The monoisotopic (exact) mass is 293 g/mol. The first-order chi connectivity index (χ1) is 10.1. The number of esters is 1. The molecule has 1 fully saturated rings. The normalized spacial score (nSPS) is 30.2. The highest BCUT2D eigenvalue weighted by atomic mass is 16.6. The molecule has 0 saturated carbocycles. The number of rotatable bonds is 3. The molecule has 1 saturated heterocycles. The van der Waals surface area contributed by atoms with Crippen molar-refractivity contribution in [1.82, 2.24) is 0 Å². The summed E-state index contributed by atoms with van der Waals surface area (Å²) in [6.45, 7) is -0.150. The minimum Gasteiger partial charge on any atom is -0.487 e. The number of aliphatic hydroxyl groups excluding tert-OH is 1. The molecule has 0 aromatic heterocycles. The van der Waals surface area contributed by atoms with Crippen molar-refractivity contribution in [2.75, 3.05) is 19.5 Å². The van der Waals surface area contributed by atoms with Crippen LogP contribution in [0.3, 0.4) is 0 Å². The summed E-state index contributed by atoms with van der Waals surface area (Å²) < 4.78 is 16.4. The summed E-state index contributed by atoms with van der Waals surface area (Å²) in [5.74, 6) is 0.533. The minimum atomic E-state index is -0.452. The van der Waals surface area contributed by atoms with Crippen molar-refractivity contribution in [3.63, 3.8) is 0 Å². The molecule has 2 heterocycles. The third-order valence-electron chi connectivity index (χ3n) is 4.15. The lowest BCUT2D eigenvalue weighted by Gasteiger charge is -2.36. The van der Waals surface area contributed by atoms with Crippen molar-refractivity contribution >= 4 is 11.7 Å². The molecule has 0 bridgehead atoms. The molecule has 6 heteroatoms. The lowest BCUT2D eigenvalue weighted by atomic mass is 9.84. The van der Waals surface area contributed by atoms with Crippen molar-refractivity contribution < 1.29 is 24.1 Å². The van der Waals surface area contributed by atoms with Gasteiger partial charge in [0.05, 0.1) is 26.2 Å². The Balaban J connectivity index is 1.85. The number of anilines is 1. The third-order valence-corrected chi connectivity index (χ3v) is 4.15. The Morgan fingerprint density at radius 3 is 3.05 bits per heavy atom. The van der Waals surface area contributed by atoms with Crippen LogP contribution >= 0.6 is 0 Å². The van der Waals surface area contributed by atoms with E-state index in [4.69, 9.17) is 15.2 Å². The summed E-state index contributed by atoms with van der Waals surface area (Å²) in [5, 5.41) is 9.53. The Morgan fingerprint density at radius 1 is 1.52 bits per heavy atom. The molecule has 21 heavy (non-hydrogen) atoms. The van der Waals surface area contributed by atoms with Gasteiger partial charge < -0.3 is 25.1 Å². The highest BCUT2D eigenvalue weighted by molar-refractivity contribution is 5.69. The van der Waals surface area contributed by atoms with Gasteiger partial charge in [0, 0.05) is 17.2 Å². The van der Waals surface area contributed by atoms with E-state index in [9.17, 15) is 9.90 Å². The highest BCUT2D eigenvalue weighted by Crippen LogP contribution is 2.46. The number of methoxy groups -OCH3 is 1. The van der Waals surface area contributed by atoms with E-state index < -0.39 is 6.10 Å². The van der Waals surface area contributed by atoms with Crippen LogP contribution < -0.4 is 10.5 Å². The lowest BCUT2D eigenvalue weighted by molar-refractivity contribution is -0.156. The topological polar surface area (TPSA) is 91.0 Å². The van der Waals surface area contributed by atoms with E-state index in [0.717, 1.165) is 11.3 Å². The van der Waals surface area contributed by atoms with Crippen molar-refractivity contribution in [2.24, 2.45) is 0 Å². The first-order valence-electron chi connectivity index (χ1n) is 7.01. The molecule has 114 valence electrons. The van der Waals surface area contributed by atoms with Gasteiger partial charge in [0.15, 0.2) is 0 Å². The van der Waals surface area contributed by atoms with Crippen LogP contribution in [0.2, 0.25) is 0 Å². The van der Waals surface area contributed by atoms with Gasteiger partial charge in [-0.15, -0.1) is 0 Å². The zero-order valence-corrected chi connectivity index (χ0v) is 11.8. The number of nitrogens with two attached hydrogens (primary N) is 1. The summed E-state index contributed by atoms with van der Waals surface area (Å²) in [4.78, 5) is 11.5. The van der Waals surface area contributed by atoms with Gasteiger partial charge >= 0.3 is 5.97 Å². The molecule has 0 unspecified atom stereocenters. The second kappa shape index (κ2) is 5.54. The van der Waals surface area contributed by atoms with E-state index in [2.05, 4.69) is 4.74 Å². The molecular formula is C15H19NO5. The molecule has 0 radical (unpaired) electrons. The van der Waals surface area contributed by atoms with Gasteiger partial charge in [-0.3, -0.25) is 4.79 Å². The predicted molar refractivity (Wildman–Crippen MR) is 75.0 cm³/mol. The third kappa shape index (κ3) is 2.56. The minimum absolute atomic E-state index is 0.0732. The number of nitrogen functional groups attached to an aromatic ring is 1. The van der Waals surface area contributed by atoms with Crippen LogP contribution in [-0.2, 0) is 14.3 Å². The van der Waals surface area contributed by atoms with E-state index in [1.165, 1.54) is 7.11 Å². The number of ether oxygens (including phenoxy) is 3. The van der Waals surface area contributed by atoms with Gasteiger partial charge in [-0.1, -0.05) is 0 Å². The number of aliphatic hydroxyl groups is 1. The van der Waals surface area contributed by atoms with Crippen LogP contribution in [-0.4, -0.2) is 43.1 Å². The fourth-order valence-corrected chi connectivity index (χ4v) is 3.18. The maximum Gasteiger partial charge on any atom is 0.308 e. The summed E-state index contributed by atoms with van der Waals surface area (Å²) in [7, 11) is 1.35. The average Bonchev–Trinajstić information content (AvgIpc) is 2.84. The fraction of sp³-hybridized carbons (Fsp3) is 0.533. The van der Waals surface area contributed by atoms with Gasteiger partial charge in [0.2, 0.25) is 0 Å². The van der Waals surface area contributed by atoms with Crippen LogP contribution in [0.1, 0.15) is 24.3 Å². The number of hydrogen-bond acceptors (Lipinski definition) is 6. The van der Waals surface area contributed by atoms with Gasteiger partial charge in [-0.25, -0.2) is 0 Å². The summed E-state index contributed by atoms with van der Waals surface area (Å²) >= 11 is 0. The fourth-order valence-electron chi connectivity index (χ4n) is 3.18. The van der Waals surface area contributed by atoms with Gasteiger partial charge in [-0.05, 0) is 24.6 Å². The number of hydrogen-bond donors (Lipinski definition) is 2. The summed E-state index contributed by atoms with van der Waals surface area (Å²) in [5.41, 5.74) is 7.55. The Kier molecular flexibility index (Phi) is 3.73. The first-order valence-corrected chi connectivity index (χ1v) is 7.01. The molecule has 1 aromatic carbocycles. The largest absolute Gasteiger partial charge is 0.487 e. The number of carbonyl (C=O) groups excluding carboxylic acids is 1. The summed E-state index contributed by atoms with van der Waals surface area (Å²) in [6.07, 6.45) is -0.153. The maximum absolute atomic E-state index is 11.5. The molecule has 2 aliphatic heterocycles. The Hall–Kier alpha value is -1.79. The SMILES string of the molecule is COC(=O)C[C@@H]1C[C@@H]2c3cc(N)ccc3O[C@@H]2[C@H](CO)O1. The number of carbonyl (C=O) groups is 1. The molecule has 6 nitrogen and oxygen atoms in total. The van der Waals surface area contributed by atoms with Crippen molar-refractivity contribution in [1.29, 1.82) is 0 Å². The Labute approximate surface area is 122 Å². The van der Waals surface area contributed by atoms with Crippen LogP contribution in [0.25, 0.3) is 0 Å². The second-order valence-electron chi connectivity index (χ2n) is 5.48. The molecule has 2 aliphatic rings. The molecular weight excluding hydrogens is 274 g/mol. The van der Waals surface area contributed by atoms with E-state index in [0.29, 0.717) is 12.1 Å². The van der Waals surface area contributed by atoms with Gasteiger partial charge in [0.1, 0.15) is 18.0 Å². The highest BCUT2D eigenvalue weighted by Gasteiger charge is 2.46. The molecule has 3 N–H and O–H groups in total. The van der Waals surface area contributed by atoms with E-state index in [-0.39, 0.29) is 37.1 Å². The smallest absolute Gasteiger partial charge is 0.308 e. The van der Waals surface area contributed by atoms with Crippen molar-refractivity contribution in [2.45, 2.75) is 37.1 Å². The van der Waals surface area contributed by atoms with Gasteiger partial charge in [0.25, 0.3) is 0 Å². The van der Waals surface area contributed by atoms with Crippen LogP contribution in [0.15, 0.2) is 18.2 Å². The van der Waals surface area contributed by atoms with E-state index in [1.807, 2.05) is 12.1 Å².